The SMILES string of the molecule is CN[C@@H](C)C(=O)N[C@H]1CCSC2CC(C)(C)[C@@H](C(=O)N[C@H]3c4ccccc4C[C@H]3OCCCCCCCCO[C@@H]3Cc4ccccc4[C@@H]3NC(=O)[C@H]3N4C(=O)[C@@H](NC(=O)[C@H](C)NC)CCSC4CC3(C)C)N2C1=O. The van der Waals surface area contributed by atoms with Crippen molar-refractivity contribution in [3.63, 3.8) is 0 Å². The van der Waals surface area contributed by atoms with Gasteiger partial charge in [0.2, 0.25) is 35.4 Å². The third-order valence-electron chi connectivity index (χ3n) is 16.5. The molecule has 18 heteroatoms. The zero-order valence-corrected chi connectivity index (χ0v) is 46.5. The van der Waals surface area contributed by atoms with E-state index in [-0.39, 0.29) is 70.5 Å². The second kappa shape index (κ2) is 24.4. The van der Waals surface area contributed by atoms with Crippen LogP contribution in [0.5, 0.6) is 0 Å². The van der Waals surface area contributed by atoms with Crippen LogP contribution in [0.2, 0.25) is 0 Å². The zero-order chi connectivity index (χ0) is 52.9. The molecule has 0 saturated carbocycles. The molecule has 2 aliphatic carbocycles. The number of carbonyl (C=O) groups is 6. The molecule has 74 heavy (non-hydrogen) atoms. The van der Waals surface area contributed by atoms with Gasteiger partial charge in [-0.3, -0.25) is 28.8 Å². The summed E-state index contributed by atoms with van der Waals surface area (Å²) >= 11 is 3.38. The maximum absolute atomic E-state index is 14.5. The normalized spacial score (nSPS) is 29.5. The van der Waals surface area contributed by atoms with Crippen molar-refractivity contribution in [1.29, 1.82) is 0 Å². The minimum Gasteiger partial charge on any atom is -0.375 e. The van der Waals surface area contributed by atoms with Crippen LogP contribution in [-0.2, 0) is 51.1 Å². The Hall–Kier alpha value is -4.20. The first-order chi connectivity index (χ1) is 35.4. The van der Waals surface area contributed by atoms with Gasteiger partial charge in [0.1, 0.15) is 24.2 Å². The molecule has 12 atom stereocenters. The molecule has 0 radical (unpaired) electrons. The molecule has 2 aromatic rings. The molecule has 0 bridgehead atoms. The van der Waals surface area contributed by atoms with Crippen molar-refractivity contribution in [3.8, 4) is 0 Å². The lowest BCUT2D eigenvalue weighted by Crippen LogP contribution is -2.58. The van der Waals surface area contributed by atoms with E-state index in [2.05, 4.69) is 83.9 Å². The molecule has 4 aliphatic heterocycles. The number of hydrogen-bond donors (Lipinski definition) is 6. The smallest absolute Gasteiger partial charge is 0.246 e. The Kier molecular flexibility index (Phi) is 18.5. The highest BCUT2D eigenvalue weighted by molar-refractivity contribution is 8.00. The molecule has 406 valence electrons. The lowest BCUT2D eigenvalue weighted by atomic mass is 9.83. The Morgan fingerprint density at radius 2 is 0.973 bits per heavy atom. The highest BCUT2D eigenvalue weighted by atomic mass is 32.2. The molecule has 0 spiro atoms. The summed E-state index contributed by atoms with van der Waals surface area (Å²) in [5.74, 6) is 0.189. The molecule has 6 amide bonds. The molecule has 8 rings (SSSR count). The van der Waals surface area contributed by atoms with Crippen molar-refractivity contribution in [2.75, 3.05) is 38.8 Å². The van der Waals surface area contributed by atoms with Gasteiger partial charge >= 0.3 is 0 Å². The van der Waals surface area contributed by atoms with Gasteiger partial charge < -0.3 is 51.2 Å². The predicted octanol–water partition coefficient (Wildman–Crippen LogP) is 5.29. The molecule has 0 aromatic heterocycles. The number of nitrogens with zero attached hydrogens (tertiary/aromatic N) is 2. The lowest BCUT2D eigenvalue weighted by molar-refractivity contribution is -0.144. The summed E-state index contributed by atoms with van der Waals surface area (Å²) in [7, 11) is 3.43. The first-order valence-corrected chi connectivity index (χ1v) is 29.4. The number of unbranched alkanes of at least 4 members (excludes halogenated alkanes) is 5. The number of likely N-dealkylation sites (N-methyl/N-ethyl adjacent to an activating group) is 2. The second-order valence-corrected chi connectivity index (χ2v) is 25.3. The lowest BCUT2D eigenvalue weighted by Gasteiger charge is -2.35. The number of nitrogens with one attached hydrogen (secondary N) is 6. The van der Waals surface area contributed by atoms with Crippen LogP contribution in [0.3, 0.4) is 0 Å². The largest absolute Gasteiger partial charge is 0.375 e. The van der Waals surface area contributed by atoms with E-state index in [1.807, 2.05) is 24.3 Å². The number of benzene rings is 2. The number of fused-ring (bicyclic) bond motifs is 4. The van der Waals surface area contributed by atoms with E-state index >= 15 is 0 Å². The third kappa shape index (κ3) is 12.3. The number of carbonyl (C=O) groups excluding carboxylic acids is 6. The Balaban J connectivity index is 0.796. The van der Waals surface area contributed by atoms with Crippen molar-refractivity contribution in [2.45, 2.75) is 190 Å². The van der Waals surface area contributed by atoms with E-state index in [4.69, 9.17) is 9.47 Å². The summed E-state index contributed by atoms with van der Waals surface area (Å²) in [4.78, 5) is 86.7. The maximum Gasteiger partial charge on any atom is 0.246 e. The predicted molar refractivity (Wildman–Crippen MR) is 290 cm³/mol. The topological polar surface area (TPSA) is 200 Å². The van der Waals surface area contributed by atoms with Crippen LogP contribution < -0.4 is 31.9 Å². The van der Waals surface area contributed by atoms with E-state index in [0.717, 1.165) is 60.8 Å². The van der Waals surface area contributed by atoms with Gasteiger partial charge in [-0.1, -0.05) is 102 Å². The van der Waals surface area contributed by atoms with Gasteiger partial charge in [0.05, 0.1) is 47.1 Å². The average molecular weight is 1060 g/mol. The summed E-state index contributed by atoms with van der Waals surface area (Å²) in [6.45, 7) is 12.9. The summed E-state index contributed by atoms with van der Waals surface area (Å²) in [6.07, 6.45) is 9.26. The Labute approximate surface area is 447 Å². The highest BCUT2D eigenvalue weighted by Gasteiger charge is 2.57. The van der Waals surface area contributed by atoms with Gasteiger partial charge in [0.25, 0.3) is 0 Å². The van der Waals surface area contributed by atoms with E-state index < -0.39 is 47.1 Å². The molecule has 6 aliphatic rings. The van der Waals surface area contributed by atoms with Crippen LogP contribution in [0, 0.1) is 10.8 Å². The minimum absolute atomic E-state index is 0.146. The fourth-order valence-electron chi connectivity index (χ4n) is 12.2. The summed E-state index contributed by atoms with van der Waals surface area (Å²) in [6, 6.07) is 12.0. The average Bonchev–Trinajstić information content (AvgIpc) is 4.02. The zero-order valence-electron chi connectivity index (χ0n) is 44.8. The van der Waals surface area contributed by atoms with Gasteiger partial charge in [-0.25, -0.2) is 0 Å². The van der Waals surface area contributed by atoms with Gasteiger partial charge in [0.15, 0.2) is 0 Å². The number of hydrogen-bond acceptors (Lipinski definition) is 12. The number of thioether (sulfide) groups is 2. The van der Waals surface area contributed by atoms with Crippen molar-refractivity contribution in [1.82, 2.24) is 41.7 Å². The van der Waals surface area contributed by atoms with Gasteiger partial charge in [0, 0.05) is 26.1 Å². The third-order valence-corrected chi connectivity index (χ3v) is 19.0. The van der Waals surface area contributed by atoms with Gasteiger partial charge in [-0.15, -0.1) is 23.5 Å². The monoisotopic (exact) mass is 1060 g/mol. The van der Waals surface area contributed by atoms with E-state index in [9.17, 15) is 28.8 Å². The summed E-state index contributed by atoms with van der Waals surface area (Å²) in [5, 5.41) is 18.3. The summed E-state index contributed by atoms with van der Waals surface area (Å²) in [5.41, 5.74) is 3.46. The maximum atomic E-state index is 14.5. The van der Waals surface area contributed by atoms with Crippen molar-refractivity contribution >= 4 is 59.0 Å². The number of amides is 6. The van der Waals surface area contributed by atoms with Crippen LogP contribution >= 0.6 is 23.5 Å². The minimum atomic E-state index is -0.693. The molecule has 6 N–H and O–H groups in total. The fourth-order valence-corrected chi connectivity index (χ4v) is 15.3. The molecule has 2 unspecified atom stereocenters. The van der Waals surface area contributed by atoms with Crippen molar-refractivity contribution < 1.29 is 38.2 Å². The molecule has 2 aromatic carbocycles. The first-order valence-electron chi connectivity index (χ1n) is 27.3. The molecular weight excluding hydrogens is 977 g/mol. The second-order valence-electron chi connectivity index (χ2n) is 22.8. The van der Waals surface area contributed by atoms with Gasteiger partial charge in [-0.2, -0.15) is 0 Å². The molecular formula is C56H82N8O8S2. The summed E-state index contributed by atoms with van der Waals surface area (Å²) < 4.78 is 13.2. The van der Waals surface area contributed by atoms with Crippen molar-refractivity contribution in [3.05, 3.63) is 70.8 Å². The van der Waals surface area contributed by atoms with Gasteiger partial charge in [-0.05, 0) is 111 Å². The first kappa shape index (κ1) is 56.0. The van der Waals surface area contributed by atoms with Crippen LogP contribution in [0.4, 0.5) is 0 Å². The van der Waals surface area contributed by atoms with Crippen LogP contribution in [0.1, 0.15) is 140 Å². The Morgan fingerprint density at radius 3 is 1.36 bits per heavy atom. The molecule has 16 nitrogen and oxygen atoms in total. The standard InChI is InChI=1S/C56H82N8O8S2/c1-33(57-7)49(65)59-39-23-27-73-43-31-55(3,4)47(63(43)53(39)69)51(67)61-45-37-21-15-13-19-35(37)29-41(45)71-25-17-11-9-10-12-18-26-72-42-30-36-20-14-16-22-38(36)46(42)62-52(68)48-56(5,6)32-44-64(48)54(70)40(24-28-74-44)60-50(66)34(2)58-8/h13-16,19-22,33-34,39-48,57-58H,9-12,17-18,23-32H2,1-8H3,(H,59,65)(H,60,66)(H,61,67)(H,62,68)/t33-,34-,39-,40-,41+,42+,43?,44?,45-,46-,47+,48+/m0/s1. The fraction of sp³-hybridized carbons (Fsp3) is 0.679. The van der Waals surface area contributed by atoms with Crippen LogP contribution in [0.15, 0.2) is 48.5 Å². The van der Waals surface area contributed by atoms with Crippen LogP contribution in [0.25, 0.3) is 0 Å². The highest BCUT2D eigenvalue weighted by Crippen LogP contribution is 2.48. The number of ether oxygens (including phenoxy) is 2. The van der Waals surface area contributed by atoms with Crippen molar-refractivity contribution in [2.24, 2.45) is 10.8 Å². The van der Waals surface area contributed by atoms with Crippen LogP contribution in [-0.4, -0.2) is 143 Å². The Morgan fingerprint density at radius 1 is 0.595 bits per heavy atom. The molecule has 4 saturated heterocycles. The quantitative estimate of drug-likeness (QED) is 0.0886. The molecule has 4 heterocycles. The Bertz CT molecular complexity index is 2190. The van der Waals surface area contributed by atoms with E-state index in [1.165, 1.54) is 0 Å². The van der Waals surface area contributed by atoms with E-state index in [1.54, 1.807) is 61.3 Å². The molecule has 4 fully saturated rings. The van der Waals surface area contributed by atoms with E-state index in [0.29, 0.717) is 63.2 Å². The number of rotatable bonds is 21.